The Labute approximate surface area is 138 Å². The van der Waals surface area contributed by atoms with Crippen molar-refractivity contribution in [2.45, 2.75) is 45.8 Å². The Bertz CT molecular complexity index is 407. The molecule has 128 valence electrons. The zero-order valence-electron chi connectivity index (χ0n) is 14.0. The lowest BCUT2D eigenvalue weighted by molar-refractivity contribution is -0.122. The van der Waals surface area contributed by atoms with Gasteiger partial charge in [-0.3, -0.25) is 19.2 Å². The highest BCUT2D eigenvalue weighted by Crippen LogP contribution is 1.94. The first-order chi connectivity index (χ1) is 11.0. The summed E-state index contributed by atoms with van der Waals surface area (Å²) < 4.78 is 0. The molecule has 10 heteroatoms. The number of hydrogen-bond donors (Lipinski definition) is 4. The molecule has 0 fully saturated rings. The Morgan fingerprint density at radius 2 is 1.30 bits per heavy atom. The number of rotatable bonds is 12. The minimum atomic E-state index is -0.226. The molecule has 0 aromatic heterocycles. The number of nitrogens with one attached hydrogen (secondary N) is 4. The molecule has 0 unspecified atom stereocenters. The third-order valence-electron chi connectivity index (χ3n) is 3.01. The molecular weight excluding hydrogens is 298 g/mol. The molecule has 0 saturated heterocycles. The van der Waals surface area contributed by atoms with Crippen molar-refractivity contribution in [2.24, 2.45) is 0 Å². The summed E-state index contributed by atoms with van der Waals surface area (Å²) in [5.74, 6) is -0.734. The van der Waals surface area contributed by atoms with Crippen LogP contribution < -0.4 is 21.3 Å². The van der Waals surface area contributed by atoms with Gasteiger partial charge in [0.15, 0.2) is 0 Å². The van der Waals surface area contributed by atoms with Crippen LogP contribution in [0.25, 0.3) is 0 Å². The fraction of sp³-hybridized carbons (Fsp3) is 0.692. The fourth-order valence-corrected chi connectivity index (χ4v) is 1.72. The molecule has 0 saturated carbocycles. The van der Waals surface area contributed by atoms with Gasteiger partial charge in [-0.2, -0.15) is 0 Å². The number of carbonyl (C=O) groups excluding carboxylic acids is 4. The van der Waals surface area contributed by atoms with E-state index in [-0.39, 0.29) is 49.8 Å². The second-order valence-corrected chi connectivity index (χ2v) is 5.20. The number of hydrogen-bond acceptors (Lipinski definition) is 4. The maximum Gasteiger partial charge on any atom is 0.221 e. The van der Waals surface area contributed by atoms with Gasteiger partial charge in [0, 0.05) is 19.8 Å². The van der Waals surface area contributed by atoms with E-state index in [9.17, 15) is 19.2 Å². The highest BCUT2D eigenvalue weighted by molar-refractivity contribution is 7.01. The monoisotopic (exact) mass is 324 g/mol. The second-order valence-electron chi connectivity index (χ2n) is 5.20. The molecule has 8 nitrogen and oxygen atoms in total. The molecule has 0 aliphatic carbocycles. The highest BCUT2D eigenvalue weighted by atomic mass is 16.2. The predicted octanol–water partition coefficient (Wildman–Crippen LogP) is -1.80. The summed E-state index contributed by atoms with van der Waals surface area (Å²) in [6.07, 6.45) is 2.35. The minimum absolute atomic E-state index is 0.0731. The van der Waals surface area contributed by atoms with Crippen molar-refractivity contribution in [2.75, 3.05) is 13.3 Å². The predicted molar refractivity (Wildman–Crippen MR) is 91.4 cm³/mol. The molecule has 0 spiro atoms. The molecule has 23 heavy (non-hydrogen) atoms. The van der Waals surface area contributed by atoms with Crippen molar-refractivity contribution >= 4 is 38.0 Å². The van der Waals surface area contributed by atoms with Gasteiger partial charge in [0.2, 0.25) is 23.6 Å². The molecule has 0 rings (SSSR count). The van der Waals surface area contributed by atoms with E-state index < -0.39 is 0 Å². The molecule has 0 aromatic rings. The van der Waals surface area contributed by atoms with Gasteiger partial charge in [0.1, 0.15) is 0 Å². The van der Waals surface area contributed by atoms with Gasteiger partial charge in [-0.05, 0) is 12.7 Å². The standard InChI is InChI=1S/C13H26B2N4O4/c1-3-14-15-7-13(23)19-9-18-12(22)6-4-5-11(21)17-8-16-10(2)20/h14-15H,3-9H2,1-2H3,(H,16,20)(H,17,21)(H,18,22)(H,19,23). The van der Waals surface area contributed by atoms with E-state index in [4.69, 9.17) is 0 Å². The Morgan fingerprint density at radius 3 is 1.83 bits per heavy atom. The maximum atomic E-state index is 11.5. The molecule has 4 amide bonds. The molecule has 0 heterocycles. The van der Waals surface area contributed by atoms with Crippen LogP contribution in [0, 0.1) is 0 Å². The highest BCUT2D eigenvalue weighted by Gasteiger charge is 2.06. The Balaban J connectivity index is 3.54. The van der Waals surface area contributed by atoms with Gasteiger partial charge in [0.05, 0.1) is 27.7 Å². The molecule has 0 aromatic carbocycles. The third kappa shape index (κ3) is 14.7. The molecule has 0 radical (unpaired) electrons. The van der Waals surface area contributed by atoms with E-state index in [0.29, 0.717) is 12.7 Å². The average molecular weight is 324 g/mol. The van der Waals surface area contributed by atoms with Crippen LogP contribution in [0.2, 0.25) is 12.6 Å². The topological polar surface area (TPSA) is 116 Å². The largest absolute Gasteiger partial charge is 0.339 e. The lowest BCUT2D eigenvalue weighted by Crippen LogP contribution is -2.38. The van der Waals surface area contributed by atoms with Crippen molar-refractivity contribution < 1.29 is 19.2 Å². The Kier molecular flexibility index (Phi) is 12.5. The minimum Gasteiger partial charge on any atom is -0.339 e. The van der Waals surface area contributed by atoms with E-state index in [0.717, 1.165) is 20.7 Å². The van der Waals surface area contributed by atoms with Crippen molar-refractivity contribution in [1.29, 1.82) is 0 Å². The molecule has 0 aliphatic rings. The van der Waals surface area contributed by atoms with Gasteiger partial charge in [-0.15, -0.1) is 0 Å². The lowest BCUT2D eigenvalue weighted by atomic mass is 9.37. The third-order valence-corrected chi connectivity index (χ3v) is 3.01. The summed E-state index contributed by atoms with van der Waals surface area (Å²) in [6, 6.07) is 0. The van der Waals surface area contributed by atoms with Crippen LogP contribution in [0.5, 0.6) is 0 Å². The van der Waals surface area contributed by atoms with Crippen molar-refractivity contribution in [1.82, 2.24) is 21.3 Å². The lowest BCUT2D eigenvalue weighted by Gasteiger charge is -2.07. The van der Waals surface area contributed by atoms with Crippen molar-refractivity contribution in [3.05, 3.63) is 0 Å². The van der Waals surface area contributed by atoms with Crippen molar-refractivity contribution in [3.8, 4) is 0 Å². The maximum absolute atomic E-state index is 11.5. The summed E-state index contributed by atoms with van der Waals surface area (Å²) in [5.41, 5.74) is 0. The van der Waals surface area contributed by atoms with E-state index in [1.807, 2.05) is 0 Å². The van der Waals surface area contributed by atoms with Gasteiger partial charge >= 0.3 is 0 Å². The van der Waals surface area contributed by atoms with E-state index >= 15 is 0 Å². The Hall–Kier alpha value is -1.99. The first kappa shape index (κ1) is 21.0. The average Bonchev–Trinajstić information content (AvgIpc) is 2.47. The molecule has 0 atom stereocenters. The van der Waals surface area contributed by atoms with Crippen LogP contribution in [0.3, 0.4) is 0 Å². The normalized spacial score (nSPS) is 9.48. The molecule has 4 N–H and O–H groups in total. The zero-order valence-corrected chi connectivity index (χ0v) is 14.0. The zero-order chi connectivity index (χ0) is 17.5. The SMILES string of the molecule is CCBBCC(=O)NCNC(=O)CCCC(=O)NCNC(C)=O. The van der Waals surface area contributed by atoms with Crippen LogP contribution in [0.1, 0.15) is 33.1 Å². The summed E-state index contributed by atoms with van der Waals surface area (Å²) in [5, 5.41) is 10.1. The number of amides is 4. The fourth-order valence-electron chi connectivity index (χ4n) is 1.72. The molecule has 0 bridgehead atoms. The first-order valence-electron chi connectivity index (χ1n) is 8.00. The Morgan fingerprint density at radius 1 is 0.783 bits per heavy atom. The van der Waals surface area contributed by atoms with Crippen LogP contribution in [0.15, 0.2) is 0 Å². The van der Waals surface area contributed by atoms with Crippen molar-refractivity contribution in [3.63, 3.8) is 0 Å². The summed E-state index contributed by atoms with van der Waals surface area (Å²) in [7, 11) is 1.87. The van der Waals surface area contributed by atoms with Crippen LogP contribution in [-0.2, 0) is 19.2 Å². The second kappa shape index (κ2) is 13.7. The number of carbonyl (C=O) groups is 4. The smallest absolute Gasteiger partial charge is 0.221 e. The van der Waals surface area contributed by atoms with Gasteiger partial charge in [0.25, 0.3) is 0 Å². The summed E-state index contributed by atoms with van der Waals surface area (Å²) >= 11 is 0. The summed E-state index contributed by atoms with van der Waals surface area (Å²) in [4.78, 5) is 44.9. The quantitative estimate of drug-likeness (QED) is 0.193. The van der Waals surface area contributed by atoms with Crippen LogP contribution >= 0.6 is 0 Å². The van der Waals surface area contributed by atoms with Crippen LogP contribution in [0.4, 0.5) is 0 Å². The summed E-state index contributed by atoms with van der Waals surface area (Å²) in [6.45, 7) is 3.63. The molecular formula is C13H26B2N4O4. The van der Waals surface area contributed by atoms with E-state index in [2.05, 4.69) is 28.2 Å². The first-order valence-corrected chi connectivity index (χ1v) is 8.00. The van der Waals surface area contributed by atoms with E-state index in [1.165, 1.54) is 6.92 Å². The van der Waals surface area contributed by atoms with E-state index in [1.54, 1.807) is 0 Å². The van der Waals surface area contributed by atoms with Gasteiger partial charge < -0.3 is 21.3 Å². The molecule has 0 aliphatic heterocycles. The van der Waals surface area contributed by atoms with Gasteiger partial charge in [-0.25, -0.2) is 0 Å². The van der Waals surface area contributed by atoms with Gasteiger partial charge in [-0.1, -0.05) is 13.2 Å². The van der Waals surface area contributed by atoms with Crippen LogP contribution in [-0.4, -0.2) is 51.3 Å².